The lowest BCUT2D eigenvalue weighted by atomic mass is 9.86. The zero-order chi connectivity index (χ0) is 14.5. The van der Waals surface area contributed by atoms with Crippen LogP contribution in [-0.2, 0) is 14.9 Å². The number of carbonyl (C=O) groups is 1. The van der Waals surface area contributed by atoms with E-state index in [0.717, 1.165) is 5.69 Å². The van der Waals surface area contributed by atoms with Crippen LogP contribution in [0.25, 0.3) is 0 Å². The molecule has 0 aromatic heterocycles. The number of rotatable bonds is 4. The van der Waals surface area contributed by atoms with E-state index in [1.54, 1.807) is 6.92 Å². The number of hydrogen-bond donors (Lipinski definition) is 1. The normalized spacial score (nSPS) is 12.2. The van der Waals surface area contributed by atoms with Crippen LogP contribution < -0.4 is 5.32 Å². The molecule has 1 aromatic rings. The van der Waals surface area contributed by atoms with E-state index in [0.29, 0.717) is 12.1 Å². The minimum Gasteiger partial charge on any atom is -0.466 e. The molecule has 0 unspecified atom stereocenters. The maximum atomic E-state index is 11.3. The summed E-state index contributed by atoms with van der Waals surface area (Å²) < 4.78 is 4.66. The topological polar surface area (TPSA) is 38.3 Å². The molecule has 0 saturated heterocycles. The molecule has 0 saturated carbocycles. The summed E-state index contributed by atoms with van der Waals surface area (Å²) in [5, 5.41) is 3.35. The Bertz CT molecular complexity index is 470. The molecule has 0 aliphatic rings. The average Bonchev–Trinajstić information content (AvgIpc) is 2.37. The first-order valence-electron chi connectivity index (χ1n) is 6.44. The second-order valence-electron chi connectivity index (χ2n) is 5.56. The van der Waals surface area contributed by atoms with Gasteiger partial charge in [-0.15, -0.1) is 0 Å². The van der Waals surface area contributed by atoms with Crippen LogP contribution in [0.15, 0.2) is 35.9 Å². The standard InChI is InChI=1S/C16H23NO2/c1-12(15(18)19-5)10-11-17-14-9-7-6-8-13(14)16(2,3)4/h6-10,17H,11H2,1-5H3/b12-10+. The summed E-state index contributed by atoms with van der Waals surface area (Å²) in [5.74, 6) is -0.286. The maximum absolute atomic E-state index is 11.3. The van der Waals surface area contributed by atoms with Crippen LogP contribution in [0.1, 0.15) is 33.3 Å². The van der Waals surface area contributed by atoms with Gasteiger partial charge in [0.25, 0.3) is 0 Å². The van der Waals surface area contributed by atoms with Crippen molar-refractivity contribution in [3.05, 3.63) is 41.5 Å². The number of ether oxygens (including phenoxy) is 1. The van der Waals surface area contributed by atoms with E-state index in [1.807, 2.05) is 18.2 Å². The molecular weight excluding hydrogens is 238 g/mol. The van der Waals surface area contributed by atoms with E-state index in [2.05, 4.69) is 43.0 Å². The van der Waals surface area contributed by atoms with Crippen LogP contribution in [0.5, 0.6) is 0 Å². The van der Waals surface area contributed by atoms with Gasteiger partial charge in [-0.3, -0.25) is 0 Å². The number of benzene rings is 1. The molecule has 0 amide bonds. The van der Waals surface area contributed by atoms with Crippen LogP contribution in [-0.4, -0.2) is 19.6 Å². The number of nitrogens with one attached hydrogen (secondary N) is 1. The van der Waals surface area contributed by atoms with Gasteiger partial charge in [0.05, 0.1) is 7.11 Å². The predicted octanol–water partition coefficient (Wildman–Crippen LogP) is 3.52. The number of methoxy groups -OCH3 is 1. The number of para-hydroxylation sites is 1. The minimum absolute atomic E-state index is 0.0880. The third kappa shape index (κ3) is 4.43. The lowest BCUT2D eigenvalue weighted by Crippen LogP contribution is -2.15. The third-order valence-corrected chi connectivity index (χ3v) is 2.94. The highest BCUT2D eigenvalue weighted by molar-refractivity contribution is 5.87. The molecule has 0 heterocycles. The quantitative estimate of drug-likeness (QED) is 0.665. The molecular formula is C16H23NO2. The molecule has 104 valence electrons. The Morgan fingerprint density at radius 2 is 1.95 bits per heavy atom. The first-order valence-corrected chi connectivity index (χ1v) is 6.44. The Labute approximate surface area is 115 Å². The third-order valence-electron chi connectivity index (χ3n) is 2.94. The van der Waals surface area contributed by atoms with Gasteiger partial charge < -0.3 is 10.1 Å². The summed E-state index contributed by atoms with van der Waals surface area (Å²) in [7, 11) is 1.39. The van der Waals surface area contributed by atoms with Crippen molar-refractivity contribution in [2.24, 2.45) is 0 Å². The van der Waals surface area contributed by atoms with Crippen molar-refractivity contribution >= 4 is 11.7 Å². The summed E-state index contributed by atoms with van der Waals surface area (Å²) in [6.45, 7) is 8.91. The summed E-state index contributed by atoms with van der Waals surface area (Å²) in [5.41, 5.74) is 3.07. The Balaban J connectivity index is 2.77. The summed E-state index contributed by atoms with van der Waals surface area (Å²) in [6.07, 6.45) is 1.84. The zero-order valence-electron chi connectivity index (χ0n) is 12.4. The van der Waals surface area contributed by atoms with E-state index in [1.165, 1.54) is 12.7 Å². The van der Waals surface area contributed by atoms with Gasteiger partial charge in [0.1, 0.15) is 0 Å². The maximum Gasteiger partial charge on any atom is 0.333 e. The van der Waals surface area contributed by atoms with Crippen molar-refractivity contribution in [3.63, 3.8) is 0 Å². The second kappa shape index (κ2) is 6.41. The van der Waals surface area contributed by atoms with Crippen molar-refractivity contribution in [1.82, 2.24) is 0 Å². The first kappa shape index (κ1) is 15.3. The highest BCUT2D eigenvalue weighted by atomic mass is 16.5. The van der Waals surface area contributed by atoms with Crippen LogP contribution in [0.3, 0.4) is 0 Å². The fourth-order valence-corrected chi connectivity index (χ4v) is 1.85. The largest absolute Gasteiger partial charge is 0.466 e. The van der Waals surface area contributed by atoms with Gasteiger partial charge in [-0.05, 0) is 24.0 Å². The summed E-state index contributed by atoms with van der Waals surface area (Å²) >= 11 is 0. The molecule has 3 heteroatoms. The van der Waals surface area contributed by atoms with Crippen LogP contribution in [0.4, 0.5) is 5.69 Å². The SMILES string of the molecule is COC(=O)/C(C)=C/CNc1ccccc1C(C)(C)C. The van der Waals surface area contributed by atoms with E-state index in [4.69, 9.17) is 0 Å². The molecule has 0 atom stereocenters. The van der Waals surface area contributed by atoms with E-state index in [-0.39, 0.29) is 11.4 Å². The Morgan fingerprint density at radius 1 is 1.32 bits per heavy atom. The fourth-order valence-electron chi connectivity index (χ4n) is 1.85. The minimum atomic E-state index is -0.286. The molecule has 0 fully saturated rings. The highest BCUT2D eigenvalue weighted by Gasteiger charge is 2.16. The number of carbonyl (C=O) groups excluding carboxylic acids is 1. The molecule has 19 heavy (non-hydrogen) atoms. The van der Waals surface area contributed by atoms with Crippen molar-refractivity contribution in [1.29, 1.82) is 0 Å². The van der Waals surface area contributed by atoms with Crippen molar-refractivity contribution in [3.8, 4) is 0 Å². The van der Waals surface area contributed by atoms with Crippen molar-refractivity contribution < 1.29 is 9.53 Å². The lowest BCUT2D eigenvalue weighted by Gasteiger charge is -2.23. The van der Waals surface area contributed by atoms with Gasteiger partial charge in [-0.1, -0.05) is 45.0 Å². The first-order chi connectivity index (χ1) is 8.86. The van der Waals surface area contributed by atoms with Gasteiger partial charge in [0.2, 0.25) is 0 Å². The molecule has 0 aliphatic carbocycles. The monoisotopic (exact) mass is 261 g/mol. The van der Waals surface area contributed by atoms with E-state index in [9.17, 15) is 4.79 Å². The van der Waals surface area contributed by atoms with Gasteiger partial charge in [0.15, 0.2) is 0 Å². The zero-order valence-corrected chi connectivity index (χ0v) is 12.4. The average molecular weight is 261 g/mol. The Morgan fingerprint density at radius 3 is 2.53 bits per heavy atom. The van der Waals surface area contributed by atoms with Crippen LogP contribution in [0.2, 0.25) is 0 Å². The molecule has 0 spiro atoms. The van der Waals surface area contributed by atoms with E-state index >= 15 is 0 Å². The number of esters is 1. The number of hydrogen-bond acceptors (Lipinski definition) is 3. The van der Waals surface area contributed by atoms with Gasteiger partial charge in [0, 0.05) is 17.8 Å². The molecule has 1 aromatic carbocycles. The second-order valence-corrected chi connectivity index (χ2v) is 5.56. The highest BCUT2D eigenvalue weighted by Crippen LogP contribution is 2.29. The molecule has 1 rings (SSSR count). The fraction of sp³-hybridized carbons (Fsp3) is 0.438. The Kier molecular flexibility index (Phi) is 5.16. The molecule has 0 radical (unpaired) electrons. The predicted molar refractivity (Wildman–Crippen MR) is 79.4 cm³/mol. The van der Waals surface area contributed by atoms with Crippen LogP contribution in [0, 0.1) is 0 Å². The molecule has 1 N–H and O–H groups in total. The smallest absolute Gasteiger partial charge is 0.333 e. The number of anilines is 1. The van der Waals surface area contributed by atoms with E-state index < -0.39 is 0 Å². The lowest BCUT2D eigenvalue weighted by molar-refractivity contribution is -0.136. The molecule has 0 bridgehead atoms. The summed E-state index contributed by atoms with van der Waals surface area (Å²) in [6, 6.07) is 8.23. The van der Waals surface area contributed by atoms with Gasteiger partial charge in [-0.2, -0.15) is 0 Å². The Hall–Kier alpha value is -1.77. The summed E-state index contributed by atoms with van der Waals surface area (Å²) in [4.78, 5) is 11.3. The molecule has 0 aliphatic heterocycles. The van der Waals surface area contributed by atoms with Gasteiger partial charge >= 0.3 is 5.97 Å². The van der Waals surface area contributed by atoms with Crippen LogP contribution >= 0.6 is 0 Å². The van der Waals surface area contributed by atoms with Gasteiger partial charge in [-0.25, -0.2) is 4.79 Å². The molecule has 3 nitrogen and oxygen atoms in total. The van der Waals surface area contributed by atoms with Crippen molar-refractivity contribution in [2.45, 2.75) is 33.1 Å². The van der Waals surface area contributed by atoms with Crippen molar-refractivity contribution in [2.75, 3.05) is 19.0 Å².